The number of phenols is 1. The molecule has 0 aliphatic carbocycles. The van der Waals surface area contributed by atoms with E-state index < -0.39 is 0 Å². The first kappa shape index (κ1) is 26.3. The van der Waals surface area contributed by atoms with Gasteiger partial charge in [-0.2, -0.15) is 0 Å². The maximum Gasteiger partial charge on any atom is 0.131 e. The van der Waals surface area contributed by atoms with Gasteiger partial charge in [-0.25, -0.2) is 0 Å². The van der Waals surface area contributed by atoms with Crippen molar-refractivity contribution in [1.29, 1.82) is 0 Å². The lowest BCUT2D eigenvalue weighted by Gasteiger charge is -2.38. The van der Waals surface area contributed by atoms with Crippen LogP contribution in [0.5, 0.6) is 5.75 Å². The number of anilines is 1. The molecule has 206 valence electrons. The van der Waals surface area contributed by atoms with Crippen molar-refractivity contribution < 1.29 is 5.11 Å². The summed E-state index contributed by atoms with van der Waals surface area (Å²) in [4.78, 5) is 2.41. The van der Waals surface area contributed by atoms with Crippen LogP contribution in [0, 0.1) is 0 Å². The second kappa shape index (κ2) is 11.7. The highest BCUT2D eigenvalue weighted by molar-refractivity contribution is 5.96. The number of rotatable bonds is 6. The fourth-order valence-corrected chi connectivity index (χ4v) is 5.93. The van der Waals surface area contributed by atoms with Gasteiger partial charge in [-0.3, -0.25) is 0 Å². The average Bonchev–Trinajstić information content (AvgIpc) is 3.10. The summed E-state index contributed by atoms with van der Waals surface area (Å²) in [6.45, 7) is 0. The maximum atomic E-state index is 11.7. The van der Waals surface area contributed by atoms with Crippen LogP contribution in [0.4, 0.5) is 5.69 Å². The predicted molar refractivity (Wildman–Crippen MR) is 179 cm³/mol. The first-order chi connectivity index (χ1) is 21.3. The Hall–Kier alpha value is -5.60. The summed E-state index contributed by atoms with van der Waals surface area (Å²) in [6, 6.07) is 56.3. The largest absolute Gasteiger partial charge is 0.507 e. The quantitative estimate of drug-likeness (QED) is 0.222. The van der Waals surface area contributed by atoms with E-state index in [1.54, 1.807) is 0 Å². The van der Waals surface area contributed by atoms with Gasteiger partial charge in [-0.05, 0) is 57.7 Å². The van der Waals surface area contributed by atoms with E-state index in [0.29, 0.717) is 0 Å². The number of nitrogens with zero attached hydrogens (tertiary/aromatic N) is 1. The molecule has 7 rings (SSSR count). The van der Waals surface area contributed by atoms with E-state index in [1.807, 2.05) is 36.4 Å². The van der Waals surface area contributed by atoms with Crippen LogP contribution in [0.15, 0.2) is 176 Å². The molecule has 2 nitrogen and oxygen atoms in total. The second-order valence-corrected chi connectivity index (χ2v) is 10.7. The summed E-state index contributed by atoms with van der Waals surface area (Å²) in [5, 5.41) is 11.7. The highest BCUT2D eigenvalue weighted by Crippen LogP contribution is 2.47. The van der Waals surface area contributed by atoms with Crippen molar-refractivity contribution in [2.75, 3.05) is 4.90 Å². The lowest BCUT2D eigenvalue weighted by Crippen LogP contribution is -2.29. The molecule has 1 N–H and O–H groups in total. The molecule has 0 spiro atoms. The van der Waals surface area contributed by atoms with E-state index in [0.717, 1.165) is 39.2 Å². The van der Waals surface area contributed by atoms with Crippen molar-refractivity contribution in [2.24, 2.45) is 0 Å². The van der Waals surface area contributed by atoms with E-state index >= 15 is 0 Å². The molecular weight excluding hydrogens is 522 g/mol. The Bertz CT molecular complexity index is 1830. The molecule has 0 saturated heterocycles. The lowest BCUT2D eigenvalue weighted by molar-refractivity contribution is 0.479. The monoisotopic (exact) mass is 553 g/mol. The Morgan fingerprint density at radius 3 is 1.37 bits per heavy atom. The third-order valence-electron chi connectivity index (χ3n) is 8.03. The van der Waals surface area contributed by atoms with Gasteiger partial charge < -0.3 is 10.0 Å². The minimum Gasteiger partial charge on any atom is -0.507 e. The highest BCUT2D eigenvalue weighted by Gasteiger charge is 2.29. The zero-order valence-corrected chi connectivity index (χ0v) is 23.7. The summed E-state index contributed by atoms with van der Waals surface area (Å²) in [6.07, 6.45) is 4.65. The van der Waals surface area contributed by atoms with Crippen molar-refractivity contribution in [3.05, 3.63) is 193 Å². The van der Waals surface area contributed by atoms with Crippen LogP contribution < -0.4 is 4.90 Å². The number of hydrogen-bond acceptors (Lipinski definition) is 2. The molecule has 1 aliphatic rings. The maximum absolute atomic E-state index is 11.7. The smallest absolute Gasteiger partial charge is 0.131 e. The molecule has 0 bridgehead atoms. The summed E-state index contributed by atoms with van der Waals surface area (Å²) >= 11 is 0. The van der Waals surface area contributed by atoms with Gasteiger partial charge in [0.15, 0.2) is 0 Å². The minimum absolute atomic E-state index is 0.0894. The van der Waals surface area contributed by atoms with Gasteiger partial charge in [-0.15, -0.1) is 0 Å². The third kappa shape index (κ3) is 5.27. The molecule has 0 fully saturated rings. The number of allylic oxidation sites excluding steroid dienone is 2. The number of phenolic OH excluding ortho intramolecular Hbond substituents is 1. The molecule has 0 saturated carbocycles. The van der Waals surface area contributed by atoms with Crippen LogP contribution in [0.25, 0.3) is 33.5 Å². The van der Waals surface area contributed by atoms with Crippen LogP contribution in [-0.4, -0.2) is 5.11 Å². The first-order valence-electron chi connectivity index (χ1n) is 14.6. The zero-order chi connectivity index (χ0) is 29.0. The van der Waals surface area contributed by atoms with E-state index in [1.165, 1.54) is 16.7 Å². The molecule has 1 atom stereocenters. The molecule has 1 unspecified atom stereocenters. The van der Waals surface area contributed by atoms with Gasteiger partial charge in [0.05, 0.1) is 6.04 Å². The predicted octanol–water partition coefficient (Wildman–Crippen LogP) is 10.4. The van der Waals surface area contributed by atoms with E-state index in [9.17, 15) is 5.11 Å². The van der Waals surface area contributed by atoms with Crippen molar-refractivity contribution >= 4 is 17.0 Å². The Kier molecular flexibility index (Phi) is 7.17. The number of hydrogen-bond donors (Lipinski definition) is 1. The SMILES string of the molecule is Oc1c(-c2ccccc2)cc(N2C(c3ccccc3)=CC(c3ccccc3)=CC2c2ccccc2)cc1-c1ccccc1. The molecule has 43 heavy (non-hydrogen) atoms. The third-order valence-corrected chi connectivity index (χ3v) is 8.03. The molecular formula is C41H31NO. The summed E-state index contributed by atoms with van der Waals surface area (Å²) in [5.41, 5.74) is 10.3. The fourth-order valence-electron chi connectivity index (χ4n) is 5.93. The van der Waals surface area contributed by atoms with Gasteiger partial charge in [0.25, 0.3) is 0 Å². The minimum atomic E-state index is -0.0894. The van der Waals surface area contributed by atoms with E-state index in [4.69, 9.17) is 0 Å². The molecule has 0 amide bonds. The molecule has 2 heteroatoms. The van der Waals surface area contributed by atoms with Crippen molar-refractivity contribution in [1.82, 2.24) is 0 Å². The van der Waals surface area contributed by atoms with Gasteiger partial charge in [-0.1, -0.05) is 152 Å². The van der Waals surface area contributed by atoms with Crippen LogP contribution in [0.1, 0.15) is 22.7 Å². The Morgan fingerprint density at radius 1 is 0.465 bits per heavy atom. The van der Waals surface area contributed by atoms with Crippen molar-refractivity contribution in [2.45, 2.75) is 6.04 Å². The molecule has 1 aliphatic heterocycles. The zero-order valence-electron chi connectivity index (χ0n) is 23.7. The van der Waals surface area contributed by atoms with Gasteiger partial charge >= 0.3 is 0 Å². The summed E-state index contributed by atoms with van der Waals surface area (Å²) in [7, 11) is 0. The summed E-state index contributed by atoms with van der Waals surface area (Å²) in [5.74, 6) is 0.278. The van der Waals surface area contributed by atoms with Crippen LogP contribution in [-0.2, 0) is 0 Å². The van der Waals surface area contributed by atoms with Crippen LogP contribution >= 0.6 is 0 Å². The number of aromatic hydroxyl groups is 1. The Balaban J connectivity index is 1.51. The molecule has 6 aromatic rings. The van der Waals surface area contributed by atoms with Crippen molar-refractivity contribution in [3.8, 4) is 28.0 Å². The Morgan fingerprint density at radius 2 is 0.884 bits per heavy atom. The summed E-state index contributed by atoms with van der Waals surface area (Å²) < 4.78 is 0. The highest BCUT2D eigenvalue weighted by atomic mass is 16.3. The fraction of sp³-hybridized carbons (Fsp3) is 0.0244. The van der Waals surface area contributed by atoms with Crippen molar-refractivity contribution in [3.63, 3.8) is 0 Å². The standard InChI is InChI=1S/C41H31NO/c43-41-37(31-18-8-2-9-19-31)28-36(29-38(41)32-20-10-3-11-21-32)42-39(33-22-12-4-13-23-33)26-35(30-16-6-1-7-17-30)27-40(42)34-24-14-5-15-25-34/h1-29,39,43H. The van der Waals surface area contributed by atoms with E-state index in [-0.39, 0.29) is 11.8 Å². The molecule has 0 radical (unpaired) electrons. The van der Waals surface area contributed by atoms with Crippen LogP contribution in [0.3, 0.4) is 0 Å². The Labute approximate surface area is 253 Å². The first-order valence-corrected chi connectivity index (χ1v) is 14.6. The van der Waals surface area contributed by atoms with Gasteiger partial charge in [0.1, 0.15) is 5.75 Å². The lowest BCUT2D eigenvalue weighted by atomic mass is 9.89. The topological polar surface area (TPSA) is 23.5 Å². The van der Waals surface area contributed by atoms with Gasteiger partial charge in [0, 0.05) is 22.5 Å². The molecule has 0 aromatic heterocycles. The molecule has 6 aromatic carbocycles. The average molecular weight is 554 g/mol. The van der Waals surface area contributed by atoms with Crippen LogP contribution in [0.2, 0.25) is 0 Å². The van der Waals surface area contributed by atoms with Gasteiger partial charge in [0.2, 0.25) is 0 Å². The second-order valence-electron chi connectivity index (χ2n) is 10.7. The number of benzene rings is 6. The molecule has 1 heterocycles. The van der Waals surface area contributed by atoms with E-state index in [2.05, 4.69) is 144 Å². The normalized spacial score (nSPS) is 14.6.